The number of carbonyl (C=O) groups is 1. The van der Waals surface area contributed by atoms with E-state index in [0.717, 1.165) is 0 Å². The SMILES string of the molecule is CCN1/C(=C\C=N\NC(=O)c2ccccc2)C(C)(Cc2c(F)c(F)c(F)c(F)c2F)c2cc(OC)ccc21. The monoisotopic (exact) mass is 529 g/mol. The van der Waals surface area contributed by atoms with Gasteiger partial charge >= 0.3 is 0 Å². The second-order valence-electron chi connectivity index (χ2n) is 8.82. The number of likely N-dealkylation sites (N-methyl/N-ethyl adjacent to an activating group) is 1. The maximum absolute atomic E-state index is 14.8. The van der Waals surface area contributed by atoms with Crippen molar-refractivity contribution in [1.82, 2.24) is 5.43 Å². The van der Waals surface area contributed by atoms with Gasteiger partial charge in [-0.05, 0) is 62.2 Å². The molecule has 4 rings (SSSR count). The van der Waals surface area contributed by atoms with E-state index in [4.69, 9.17) is 4.74 Å². The first kappa shape index (κ1) is 26.8. The lowest BCUT2D eigenvalue weighted by Crippen LogP contribution is -2.32. The van der Waals surface area contributed by atoms with Crippen LogP contribution < -0.4 is 15.1 Å². The van der Waals surface area contributed by atoms with Crippen LogP contribution in [0.2, 0.25) is 0 Å². The van der Waals surface area contributed by atoms with Gasteiger partial charge < -0.3 is 9.64 Å². The van der Waals surface area contributed by atoms with Crippen molar-refractivity contribution < 1.29 is 31.5 Å². The lowest BCUT2D eigenvalue weighted by atomic mass is 9.76. The van der Waals surface area contributed by atoms with E-state index < -0.39 is 52.4 Å². The van der Waals surface area contributed by atoms with Crippen molar-refractivity contribution in [2.24, 2.45) is 5.10 Å². The first-order valence-electron chi connectivity index (χ1n) is 11.7. The lowest BCUT2D eigenvalue weighted by Gasteiger charge is -2.30. The van der Waals surface area contributed by atoms with Crippen molar-refractivity contribution in [3.05, 3.63) is 106 Å². The standard InChI is InChI=1S/C28H24F5N3O2/c1-4-36-20-11-10-17(38-3)14-19(20)28(2,15-18-22(29)24(31)26(33)25(32)23(18)30)21(36)12-13-34-35-27(37)16-8-6-5-7-9-16/h5-14H,4,15H2,1-3H3,(H,35,37)/b21-12-,34-13+. The van der Waals surface area contributed by atoms with Crippen LogP contribution in [0, 0.1) is 29.1 Å². The molecule has 0 fully saturated rings. The molecule has 1 atom stereocenters. The normalized spacial score (nSPS) is 17.8. The molecule has 198 valence electrons. The van der Waals surface area contributed by atoms with Gasteiger partial charge in [0.15, 0.2) is 23.3 Å². The molecule has 0 aromatic heterocycles. The van der Waals surface area contributed by atoms with E-state index >= 15 is 0 Å². The molecule has 1 amide bonds. The number of nitrogens with zero attached hydrogens (tertiary/aromatic N) is 2. The van der Waals surface area contributed by atoms with Crippen molar-refractivity contribution in [2.45, 2.75) is 25.7 Å². The molecule has 1 aliphatic rings. The fourth-order valence-corrected chi connectivity index (χ4v) is 4.70. The summed E-state index contributed by atoms with van der Waals surface area (Å²) in [6.07, 6.45) is 2.29. The van der Waals surface area contributed by atoms with Gasteiger partial charge in [-0.1, -0.05) is 18.2 Å². The van der Waals surface area contributed by atoms with Crippen LogP contribution in [0.4, 0.5) is 27.6 Å². The summed E-state index contributed by atoms with van der Waals surface area (Å²) >= 11 is 0. The summed E-state index contributed by atoms with van der Waals surface area (Å²) in [5, 5.41) is 3.95. The number of rotatable bonds is 7. The molecule has 1 unspecified atom stereocenters. The van der Waals surface area contributed by atoms with Crippen molar-refractivity contribution in [3.8, 4) is 5.75 Å². The molecular weight excluding hydrogens is 505 g/mol. The molecule has 1 aliphatic heterocycles. The minimum atomic E-state index is -2.21. The van der Waals surface area contributed by atoms with Gasteiger partial charge in [-0.2, -0.15) is 5.10 Å². The predicted molar refractivity (Wildman–Crippen MR) is 134 cm³/mol. The van der Waals surface area contributed by atoms with E-state index in [1.165, 1.54) is 19.4 Å². The highest BCUT2D eigenvalue weighted by atomic mass is 19.2. The van der Waals surface area contributed by atoms with Crippen LogP contribution in [0.1, 0.15) is 35.3 Å². The van der Waals surface area contributed by atoms with E-state index in [1.807, 2.05) is 11.8 Å². The number of carbonyl (C=O) groups excluding carboxylic acids is 1. The van der Waals surface area contributed by atoms with Crippen LogP contribution in [0.5, 0.6) is 5.75 Å². The smallest absolute Gasteiger partial charge is 0.271 e. The molecule has 1 heterocycles. The van der Waals surface area contributed by atoms with Gasteiger partial charge in [-0.15, -0.1) is 0 Å². The zero-order chi connectivity index (χ0) is 27.6. The quantitative estimate of drug-likeness (QED) is 0.134. The number of hydrogen-bond donors (Lipinski definition) is 1. The van der Waals surface area contributed by atoms with Gasteiger partial charge in [0.05, 0.1) is 7.11 Å². The van der Waals surface area contributed by atoms with E-state index in [9.17, 15) is 26.7 Å². The molecule has 1 N–H and O–H groups in total. The molecule has 0 radical (unpaired) electrons. The topological polar surface area (TPSA) is 53.9 Å². The zero-order valence-electron chi connectivity index (χ0n) is 20.8. The molecule has 0 saturated heterocycles. The van der Waals surface area contributed by atoms with E-state index in [0.29, 0.717) is 34.8 Å². The van der Waals surface area contributed by atoms with Crippen molar-refractivity contribution >= 4 is 17.8 Å². The molecule has 0 aliphatic carbocycles. The Morgan fingerprint density at radius 1 is 1.00 bits per heavy atom. The van der Waals surface area contributed by atoms with Crippen LogP contribution in [0.15, 0.2) is 65.4 Å². The maximum atomic E-state index is 14.8. The highest BCUT2D eigenvalue weighted by molar-refractivity contribution is 5.94. The van der Waals surface area contributed by atoms with Gasteiger partial charge in [0.25, 0.3) is 5.91 Å². The Labute approximate surface area is 216 Å². The number of methoxy groups -OCH3 is 1. The summed E-state index contributed by atoms with van der Waals surface area (Å²) in [7, 11) is 1.45. The first-order chi connectivity index (χ1) is 18.1. The summed E-state index contributed by atoms with van der Waals surface area (Å²) in [5.41, 5.74) is 2.32. The number of anilines is 1. The zero-order valence-corrected chi connectivity index (χ0v) is 20.8. The summed E-state index contributed by atoms with van der Waals surface area (Å²) < 4.78 is 76.7. The molecule has 38 heavy (non-hydrogen) atoms. The Morgan fingerprint density at radius 2 is 1.63 bits per heavy atom. The number of allylic oxidation sites excluding steroid dienone is 2. The Morgan fingerprint density at radius 3 is 2.24 bits per heavy atom. The number of benzene rings is 3. The highest BCUT2D eigenvalue weighted by Gasteiger charge is 2.45. The number of hydrazone groups is 1. The van der Waals surface area contributed by atoms with Gasteiger partial charge in [0.1, 0.15) is 5.75 Å². The van der Waals surface area contributed by atoms with Crippen molar-refractivity contribution in [1.29, 1.82) is 0 Å². The number of nitrogens with one attached hydrogen (secondary N) is 1. The second-order valence-corrected chi connectivity index (χ2v) is 8.82. The Hall–Kier alpha value is -4.21. The summed E-state index contributed by atoms with van der Waals surface area (Å²) in [4.78, 5) is 14.1. The molecule has 0 saturated carbocycles. The number of hydrogen-bond acceptors (Lipinski definition) is 4. The summed E-state index contributed by atoms with van der Waals surface area (Å²) in [5.74, 6) is -9.99. The third-order valence-electron chi connectivity index (χ3n) is 6.60. The molecular formula is C28H24F5N3O2. The Bertz CT molecular complexity index is 1410. The number of ether oxygens (including phenoxy) is 1. The van der Waals surface area contributed by atoms with Gasteiger partial charge in [-0.3, -0.25) is 4.79 Å². The summed E-state index contributed by atoms with van der Waals surface area (Å²) in [6, 6.07) is 13.5. The van der Waals surface area contributed by atoms with E-state index in [2.05, 4.69) is 10.5 Å². The highest BCUT2D eigenvalue weighted by Crippen LogP contribution is 2.51. The van der Waals surface area contributed by atoms with Gasteiger partial charge in [-0.25, -0.2) is 27.4 Å². The fraction of sp³-hybridized carbons (Fsp3) is 0.214. The van der Waals surface area contributed by atoms with Crippen molar-refractivity contribution in [2.75, 3.05) is 18.6 Å². The van der Waals surface area contributed by atoms with Gasteiger partial charge in [0, 0.05) is 40.7 Å². The maximum Gasteiger partial charge on any atom is 0.271 e. The van der Waals surface area contributed by atoms with E-state index in [-0.39, 0.29) is 0 Å². The van der Waals surface area contributed by atoms with E-state index in [1.54, 1.807) is 55.5 Å². The molecule has 3 aromatic rings. The minimum absolute atomic E-state index is 0.393. The van der Waals surface area contributed by atoms with Crippen LogP contribution in [-0.2, 0) is 11.8 Å². The minimum Gasteiger partial charge on any atom is -0.497 e. The molecule has 0 bridgehead atoms. The molecule has 5 nitrogen and oxygen atoms in total. The largest absolute Gasteiger partial charge is 0.497 e. The third kappa shape index (κ3) is 4.62. The predicted octanol–water partition coefficient (Wildman–Crippen LogP) is 6.03. The average Bonchev–Trinajstić information content (AvgIpc) is 3.17. The molecule has 10 heteroatoms. The fourth-order valence-electron chi connectivity index (χ4n) is 4.70. The van der Waals surface area contributed by atoms with Crippen LogP contribution in [-0.4, -0.2) is 25.8 Å². The molecule has 0 spiro atoms. The molecule has 3 aromatic carbocycles. The first-order valence-corrected chi connectivity index (χ1v) is 11.7. The second kappa shape index (κ2) is 10.6. The van der Waals surface area contributed by atoms with Gasteiger partial charge in [0.2, 0.25) is 5.82 Å². The average molecular weight is 530 g/mol. The Kier molecular flexibility index (Phi) is 7.52. The Balaban J connectivity index is 1.79. The number of fused-ring (bicyclic) bond motifs is 1. The van der Waals surface area contributed by atoms with Crippen LogP contribution in [0.3, 0.4) is 0 Å². The number of halogens is 5. The van der Waals surface area contributed by atoms with Crippen molar-refractivity contribution in [3.63, 3.8) is 0 Å². The number of amides is 1. The van der Waals surface area contributed by atoms with Crippen LogP contribution in [0.25, 0.3) is 0 Å². The van der Waals surface area contributed by atoms with Crippen LogP contribution >= 0.6 is 0 Å². The lowest BCUT2D eigenvalue weighted by molar-refractivity contribution is 0.0955. The summed E-state index contributed by atoms with van der Waals surface area (Å²) in [6.45, 7) is 3.91. The third-order valence-corrected chi connectivity index (χ3v) is 6.60.